The van der Waals surface area contributed by atoms with Crippen molar-refractivity contribution in [3.63, 3.8) is 0 Å². The van der Waals surface area contributed by atoms with Crippen LogP contribution in [0.2, 0.25) is 0 Å². The largest absolute Gasteiger partial charge is 0.465 e. The highest BCUT2D eigenvalue weighted by Gasteiger charge is 2.29. The van der Waals surface area contributed by atoms with Crippen molar-refractivity contribution < 1.29 is 14.3 Å². The second-order valence-corrected chi connectivity index (χ2v) is 6.01. The van der Waals surface area contributed by atoms with E-state index < -0.39 is 0 Å². The van der Waals surface area contributed by atoms with Gasteiger partial charge in [-0.15, -0.1) is 10.2 Å². The van der Waals surface area contributed by atoms with E-state index in [-0.39, 0.29) is 23.0 Å². The van der Waals surface area contributed by atoms with E-state index in [1.54, 1.807) is 19.1 Å². The topological polar surface area (TPSA) is 81.2 Å². The van der Waals surface area contributed by atoms with Crippen LogP contribution < -0.4 is 5.32 Å². The number of thioether (sulfide) groups is 1. The highest BCUT2D eigenvalue weighted by atomic mass is 32.2. The zero-order valence-corrected chi connectivity index (χ0v) is 13.0. The number of rotatable bonds is 7. The standard InChI is InChI=1S/C14H19N3O3S/c1-3-10(14(19)20-4-2)21-12-8-7-11(16-17-12)15-13(18)9-5-6-9/h7-10H,3-6H2,1-2H3,(H,15,16,18). The Labute approximate surface area is 128 Å². The quantitative estimate of drug-likeness (QED) is 0.614. The lowest BCUT2D eigenvalue weighted by atomic mass is 10.3. The van der Waals surface area contributed by atoms with Crippen LogP contribution in [0.1, 0.15) is 33.1 Å². The predicted molar refractivity (Wildman–Crippen MR) is 80.0 cm³/mol. The van der Waals surface area contributed by atoms with Gasteiger partial charge in [-0.25, -0.2) is 0 Å². The van der Waals surface area contributed by atoms with Gasteiger partial charge in [0, 0.05) is 5.92 Å². The molecule has 0 bridgehead atoms. The van der Waals surface area contributed by atoms with Gasteiger partial charge in [-0.05, 0) is 38.3 Å². The van der Waals surface area contributed by atoms with Gasteiger partial charge in [0.05, 0.1) is 6.61 Å². The van der Waals surface area contributed by atoms with Crippen molar-refractivity contribution in [3.8, 4) is 0 Å². The van der Waals surface area contributed by atoms with Crippen LogP contribution in [0.4, 0.5) is 5.82 Å². The zero-order chi connectivity index (χ0) is 15.2. The van der Waals surface area contributed by atoms with E-state index in [4.69, 9.17) is 4.74 Å². The third-order valence-electron chi connectivity index (χ3n) is 3.02. The molecule has 0 aliphatic heterocycles. The summed E-state index contributed by atoms with van der Waals surface area (Å²) >= 11 is 1.32. The summed E-state index contributed by atoms with van der Waals surface area (Å²) < 4.78 is 5.01. The molecule has 21 heavy (non-hydrogen) atoms. The van der Waals surface area contributed by atoms with Crippen molar-refractivity contribution in [1.82, 2.24) is 10.2 Å². The van der Waals surface area contributed by atoms with E-state index in [0.29, 0.717) is 23.9 Å². The molecule has 1 saturated carbocycles. The van der Waals surface area contributed by atoms with Gasteiger partial charge in [0.2, 0.25) is 5.91 Å². The van der Waals surface area contributed by atoms with Crippen LogP contribution in [0, 0.1) is 5.92 Å². The van der Waals surface area contributed by atoms with E-state index in [2.05, 4.69) is 15.5 Å². The molecule has 1 amide bonds. The lowest BCUT2D eigenvalue weighted by Crippen LogP contribution is -2.19. The van der Waals surface area contributed by atoms with Crippen LogP contribution in [0.15, 0.2) is 17.2 Å². The number of hydrogen-bond donors (Lipinski definition) is 1. The summed E-state index contributed by atoms with van der Waals surface area (Å²) in [7, 11) is 0. The first-order valence-corrected chi connectivity index (χ1v) is 7.99. The molecule has 1 fully saturated rings. The first kappa shape index (κ1) is 15.8. The monoisotopic (exact) mass is 309 g/mol. The van der Waals surface area contributed by atoms with Crippen molar-refractivity contribution >= 4 is 29.5 Å². The fourth-order valence-corrected chi connectivity index (χ4v) is 2.56. The number of nitrogens with zero attached hydrogens (tertiary/aromatic N) is 2. The fraction of sp³-hybridized carbons (Fsp3) is 0.571. The SMILES string of the molecule is CCOC(=O)C(CC)Sc1ccc(NC(=O)C2CC2)nn1. The number of anilines is 1. The van der Waals surface area contributed by atoms with Gasteiger partial charge >= 0.3 is 5.97 Å². The van der Waals surface area contributed by atoms with Crippen LogP contribution >= 0.6 is 11.8 Å². The molecule has 0 aromatic carbocycles. The Morgan fingerprint density at radius 3 is 2.67 bits per heavy atom. The third-order valence-corrected chi connectivity index (χ3v) is 4.29. The van der Waals surface area contributed by atoms with Crippen LogP contribution in [0.25, 0.3) is 0 Å². The molecule has 1 unspecified atom stereocenters. The zero-order valence-electron chi connectivity index (χ0n) is 12.2. The summed E-state index contributed by atoms with van der Waals surface area (Å²) in [6, 6.07) is 3.45. The molecule has 0 saturated heterocycles. The number of aromatic nitrogens is 2. The molecule has 0 spiro atoms. The molecule has 2 rings (SSSR count). The van der Waals surface area contributed by atoms with Crippen LogP contribution in [0.3, 0.4) is 0 Å². The normalized spacial score (nSPS) is 15.3. The summed E-state index contributed by atoms with van der Waals surface area (Å²) in [5.74, 6) is 0.343. The highest BCUT2D eigenvalue weighted by Crippen LogP contribution is 2.30. The summed E-state index contributed by atoms with van der Waals surface area (Å²) in [4.78, 5) is 23.3. The van der Waals surface area contributed by atoms with Crippen LogP contribution in [-0.2, 0) is 14.3 Å². The third kappa shape index (κ3) is 4.70. The number of carbonyl (C=O) groups excluding carboxylic acids is 2. The van der Waals surface area contributed by atoms with Crippen molar-refractivity contribution in [3.05, 3.63) is 12.1 Å². The Bertz CT molecular complexity index is 503. The maximum Gasteiger partial charge on any atom is 0.319 e. The summed E-state index contributed by atoms with van der Waals surface area (Å²) in [5, 5.41) is 11.1. The first-order chi connectivity index (χ1) is 10.1. The average molecular weight is 309 g/mol. The van der Waals surface area contributed by atoms with Gasteiger partial charge < -0.3 is 10.1 Å². The lowest BCUT2D eigenvalue weighted by Gasteiger charge is -2.12. The molecule has 7 heteroatoms. The van der Waals surface area contributed by atoms with Gasteiger partial charge in [0.25, 0.3) is 0 Å². The van der Waals surface area contributed by atoms with E-state index >= 15 is 0 Å². The van der Waals surface area contributed by atoms with Crippen molar-refractivity contribution in [2.75, 3.05) is 11.9 Å². The molecule has 1 aromatic heterocycles. The number of carbonyl (C=O) groups is 2. The minimum Gasteiger partial charge on any atom is -0.465 e. The van der Waals surface area contributed by atoms with Crippen LogP contribution in [0.5, 0.6) is 0 Å². The molecule has 1 atom stereocenters. The Hall–Kier alpha value is -1.63. The number of nitrogens with one attached hydrogen (secondary N) is 1. The minimum absolute atomic E-state index is 0.00246. The number of esters is 1. The fourth-order valence-electron chi connectivity index (χ4n) is 1.70. The average Bonchev–Trinajstić information content (AvgIpc) is 3.31. The Balaban J connectivity index is 1.91. The number of ether oxygens (including phenoxy) is 1. The maximum absolute atomic E-state index is 11.7. The first-order valence-electron chi connectivity index (χ1n) is 7.12. The van der Waals surface area contributed by atoms with Gasteiger partial charge in [-0.2, -0.15) is 0 Å². The van der Waals surface area contributed by atoms with E-state index in [1.807, 2.05) is 6.92 Å². The molecule has 1 N–H and O–H groups in total. The molecule has 1 aromatic rings. The van der Waals surface area contributed by atoms with Crippen molar-refractivity contribution in [1.29, 1.82) is 0 Å². The summed E-state index contributed by atoms with van der Waals surface area (Å²) in [5.41, 5.74) is 0. The number of amides is 1. The van der Waals surface area contributed by atoms with Gasteiger partial charge in [-0.3, -0.25) is 9.59 Å². The molecule has 1 aliphatic rings. The second kappa shape index (κ2) is 7.40. The van der Waals surface area contributed by atoms with E-state index in [0.717, 1.165) is 12.8 Å². The Morgan fingerprint density at radius 2 is 2.14 bits per heavy atom. The molecule has 1 heterocycles. The number of hydrogen-bond acceptors (Lipinski definition) is 6. The predicted octanol–water partition coefficient (Wildman–Crippen LogP) is 2.26. The van der Waals surface area contributed by atoms with Gasteiger partial charge in [0.15, 0.2) is 5.82 Å². The summed E-state index contributed by atoms with van der Waals surface area (Å²) in [6.45, 7) is 4.08. The minimum atomic E-state index is -0.286. The molecular formula is C14H19N3O3S. The lowest BCUT2D eigenvalue weighted by molar-refractivity contribution is -0.142. The molecule has 114 valence electrons. The Kier molecular flexibility index (Phi) is 5.55. The van der Waals surface area contributed by atoms with Crippen molar-refractivity contribution in [2.45, 2.75) is 43.4 Å². The Morgan fingerprint density at radius 1 is 1.38 bits per heavy atom. The highest BCUT2D eigenvalue weighted by molar-refractivity contribution is 8.00. The smallest absolute Gasteiger partial charge is 0.319 e. The van der Waals surface area contributed by atoms with E-state index in [1.165, 1.54) is 11.8 Å². The molecule has 0 radical (unpaired) electrons. The molecule has 1 aliphatic carbocycles. The van der Waals surface area contributed by atoms with E-state index in [9.17, 15) is 9.59 Å². The molecular weight excluding hydrogens is 290 g/mol. The maximum atomic E-state index is 11.7. The van der Waals surface area contributed by atoms with Gasteiger partial charge in [-0.1, -0.05) is 18.7 Å². The van der Waals surface area contributed by atoms with Crippen molar-refractivity contribution in [2.24, 2.45) is 5.92 Å². The molecule has 6 nitrogen and oxygen atoms in total. The van der Waals surface area contributed by atoms with Crippen LogP contribution in [-0.4, -0.2) is 33.9 Å². The summed E-state index contributed by atoms with van der Waals surface area (Å²) in [6.07, 6.45) is 2.56. The second-order valence-electron chi connectivity index (χ2n) is 4.79. The van der Waals surface area contributed by atoms with Gasteiger partial charge in [0.1, 0.15) is 10.3 Å².